The fraction of sp³-hybridized carbons (Fsp3) is 0.435. The van der Waals surface area contributed by atoms with Crippen LogP contribution in [-0.4, -0.2) is 69.6 Å². The van der Waals surface area contributed by atoms with Crippen molar-refractivity contribution in [3.8, 4) is 0 Å². The fourth-order valence-electron chi connectivity index (χ4n) is 4.36. The van der Waals surface area contributed by atoms with Crippen LogP contribution in [0.2, 0.25) is 5.02 Å². The molecule has 188 valence electrons. The molecule has 2 N–H and O–H groups in total. The van der Waals surface area contributed by atoms with E-state index in [0.717, 1.165) is 6.07 Å². The number of alkyl halides is 2. The van der Waals surface area contributed by atoms with E-state index in [1.807, 2.05) is 0 Å². The lowest BCUT2D eigenvalue weighted by atomic mass is 9.95. The molecule has 12 heteroatoms. The number of ether oxygens (including phenoxy) is 1. The minimum atomic E-state index is -2.98. The number of aliphatic hydroxyl groups is 1. The van der Waals surface area contributed by atoms with Crippen molar-refractivity contribution in [3.05, 3.63) is 64.1 Å². The Morgan fingerprint density at radius 2 is 2.17 bits per heavy atom. The number of nitrogens with zero attached hydrogens (tertiary/aromatic N) is 4. The van der Waals surface area contributed by atoms with E-state index in [9.17, 15) is 23.1 Å². The number of aryl methyl sites for hydroxylation is 1. The summed E-state index contributed by atoms with van der Waals surface area (Å²) in [7, 11) is 1.75. The lowest BCUT2D eigenvalue weighted by Gasteiger charge is -2.31. The highest BCUT2D eigenvalue weighted by atomic mass is 35.5. The lowest BCUT2D eigenvalue weighted by Crippen LogP contribution is -2.43. The summed E-state index contributed by atoms with van der Waals surface area (Å²) >= 11 is 6.35. The summed E-state index contributed by atoms with van der Waals surface area (Å²) < 4.78 is 49.1. The molecular weight excluding hydrogens is 487 g/mol. The summed E-state index contributed by atoms with van der Waals surface area (Å²) in [5.41, 5.74) is 0.663. The Bertz CT molecular complexity index is 1180. The number of hydrogen-bond acceptors (Lipinski definition) is 7. The molecule has 0 bridgehead atoms. The van der Waals surface area contributed by atoms with Gasteiger partial charge in [0.15, 0.2) is 11.7 Å². The summed E-state index contributed by atoms with van der Waals surface area (Å²) in [5.74, 6) is -3.55. The zero-order valence-electron chi connectivity index (χ0n) is 19.1. The molecule has 0 radical (unpaired) electrons. The second-order valence-electron chi connectivity index (χ2n) is 8.45. The first kappa shape index (κ1) is 25.2. The predicted octanol–water partition coefficient (Wildman–Crippen LogP) is 2.82. The Hall–Kier alpha value is -2.89. The second kappa shape index (κ2) is 10.00. The van der Waals surface area contributed by atoms with Gasteiger partial charge >= 0.3 is 5.97 Å². The van der Waals surface area contributed by atoms with Crippen LogP contribution in [0.3, 0.4) is 0 Å². The number of rotatable bonds is 7. The number of carbonyl (C=O) groups excluding carboxylic acids is 1. The van der Waals surface area contributed by atoms with Gasteiger partial charge in [-0.25, -0.2) is 22.9 Å². The van der Waals surface area contributed by atoms with E-state index in [2.05, 4.69) is 15.3 Å². The largest absolute Gasteiger partial charge is 0.463 e. The SMILES string of the molecule is CCOC(=O)C1=C(CN2CC(F)(F)C[C@H]2CO)NC(c2nccn2C)=NC1c1ccc(F)cc1Cl. The molecule has 1 aromatic heterocycles. The molecule has 0 aliphatic carbocycles. The van der Waals surface area contributed by atoms with Crippen LogP contribution in [0.5, 0.6) is 0 Å². The van der Waals surface area contributed by atoms with Crippen molar-refractivity contribution < 1.29 is 27.8 Å². The molecule has 8 nitrogen and oxygen atoms in total. The Balaban J connectivity index is 1.85. The van der Waals surface area contributed by atoms with Crippen LogP contribution < -0.4 is 5.32 Å². The molecule has 1 saturated heterocycles. The van der Waals surface area contributed by atoms with Gasteiger partial charge in [-0.3, -0.25) is 9.89 Å². The van der Waals surface area contributed by atoms with Crippen molar-refractivity contribution in [3.63, 3.8) is 0 Å². The molecular formula is C23H25ClF3N5O3. The summed E-state index contributed by atoms with van der Waals surface area (Å²) in [6.07, 6.45) is 2.76. The lowest BCUT2D eigenvalue weighted by molar-refractivity contribution is -0.139. The summed E-state index contributed by atoms with van der Waals surface area (Å²) in [5, 5.41) is 12.8. The molecule has 1 fully saturated rings. The van der Waals surface area contributed by atoms with Crippen molar-refractivity contribution in [2.45, 2.75) is 31.4 Å². The maximum atomic E-state index is 14.2. The molecule has 2 aliphatic heterocycles. The van der Waals surface area contributed by atoms with E-state index in [1.54, 1.807) is 30.9 Å². The van der Waals surface area contributed by atoms with Crippen molar-refractivity contribution in [1.82, 2.24) is 19.8 Å². The first-order valence-electron chi connectivity index (χ1n) is 11.0. The second-order valence-corrected chi connectivity index (χ2v) is 8.85. The van der Waals surface area contributed by atoms with Gasteiger partial charge < -0.3 is 19.7 Å². The molecule has 35 heavy (non-hydrogen) atoms. The first-order valence-corrected chi connectivity index (χ1v) is 11.4. The Labute approximate surface area is 205 Å². The van der Waals surface area contributed by atoms with E-state index < -0.39 is 49.4 Å². The molecule has 0 saturated carbocycles. The molecule has 2 aliphatic rings. The number of aromatic nitrogens is 2. The average molecular weight is 512 g/mol. The van der Waals surface area contributed by atoms with E-state index in [4.69, 9.17) is 16.3 Å². The number of carbonyl (C=O) groups is 1. The number of nitrogens with one attached hydrogen (secondary N) is 1. The fourth-order valence-corrected chi connectivity index (χ4v) is 4.63. The molecule has 1 unspecified atom stereocenters. The van der Waals surface area contributed by atoms with Crippen LogP contribution in [0.1, 0.15) is 30.8 Å². The van der Waals surface area contributed by atoms with Gasteiger partial charge in [0.05, 0.1) is 25.3 Å². The van der Waals surface area contributed by atoms with Crippen LogP contribution in [0.4, 0.5) is 13.2 Å². The topological polar surface area (TPSA) is 92.0 Å². The van der Waals surface area contributed by atoms with E-state index >= 15 is 0 Å². The van der Waals surface area contributed by atoms with Crippen molar-refractivity contribution in [2.24, 2.45) is 12.0 Å². The predicted molar refractivity (Wildman–Crippen MR) is 123 cm³/mol. The number of imidazole rings is 1. The smallest absolute Gasteiger partial charge is 0.338 e. The standard InChI is InChI=1S/C23H25ClF3N5O3/c1-3-35-22(34)18-17(10-32-12-23(26,27)9-14(32)11-33)29-20(21-28-6-7-31(21)2)30-19(18)15-5-4-13(25)8-16(15)24/h4-8,14,19,33H,3,9-12H2,1-2H3,(H,29,30)/t14-,19?/m0/s1. The third-order valence-electron chi connectivity index (χ3n) is 5.97. The normalized spacial score (nSPS) is 22.2. The zero-order valence-corrected chi connectivity index (χ0v) is 19.9. The maximum Gasteiger partial charge on any atom is 0.338 e. The van der Waals surface area contributed by atoms with Crippen molar-refractivity contribution in [2.75, 3.05) is 26.3 Å². The number of halogens is 4. The van der Waals surface area contributed by atoms with E-state index in [1.165, 1.54) is 17.0 Å². The minimum absolute atomic E-state index is 0.0435. The third kappa shape index (κ3) is 5.21. The third-order valence-corrected chi connectivity index (χ3v) is 6.30. The highest BCUT2D eigenvalue weighted by Gasteiger charge is 2.46. The van der Waals surface area contributed by atoms with Gasteiger partial charge in [0.25, 0.3) is 5.92 Å². The van der Waals surface area contributed by atoms with Crippen molar-refractivity contribution in [1.29, 1.82) is 0 Å². The summed E-state index contributed by atoms with van der Waals surface area (Å²) in [4.78, 5) is 23.5. The van der Waals surface area contributed by atoms with Gasteiger partial charge in [0, 0.05) is 54.7 Å². The zero-order chi connectivity index (χ0) is 25.3. The Morgan fingerprint density at radius 1 is 1.40 bits per heavy atom. The van der Waals surface area contributed by atoms with Gasteiger partial charge in [-0.15, -0.1) is 0 Å². The van der Waals surface area contributed by atoms with Gasteiger partial charge in [-0.2, -0.15) is 0 Å². The van der Waals surface area contributed by atoms with Crippen LogP contribution in [0.25, 0.3) is 0 Å². The number of hydrogen-bond donors (Lipinski definition) is 2. The van der Waals surface area contributed by atoms with Gasteiger partial charge in [0.1, 0.15) is 11.9 Å². The Kier molecular flexibility index (Phi) is 7.20. The molecule has 2 atom stereocenters. The number of amidine groups is 1. The monoisotopic (exact) mass is 511 g/mol. The number of likely N-dealkylation sites (tertiary alicyclic amines) is 1. The van der Waals surface area contributed by atoms with E-state index in [-0.39, 0.29) is 35.3 Å². The number of benzene rings is 1. The highest BCUT2D eigenvalue weighted by molar-refractivity contribution is 6.31. The van der Waals surface area contributed by atoms with Gasteiger partial charge in [-0.05, 0) is 19.1 Å². The average Bonchev–Trinajstić information content (AvgIpc) is 3.34. The van der Waals surface area contributed by atoms with Gasteiger partial charge in [-0.1, -0.05) is 17.7 Å². The number of aliphatic imine (C=N–C) groups is 1. The highest BCUT2D eigenvalue weighted by Crippen LogP contribution is 2.38. The quantitative estimate of drug-likeness (QED) is 0.555. The molecule has 0 amide bonds. The van der Waals surface area contributed by atoms with E-state index in [0.29, 0.717) is 11.4 Å². The maximum absolute atomic E-state index is 14.2. The van der Waals surface area contributed by atoms with Crippen LogP contribution in [0.15, 0.2) is 46.9 Å². The first-order chi connectivity index (χ1) is 16.6. The molecule has 2 aromatic rings. The summed E-state index contributed by atoms with van der Waals surface area (Å²) in [6, 6.07) is 1.92. The van der Waals surface area contributed by atoms with Crippen LogP contribution in [0, 0.1) is 5.82 Å². The van der Waals surface area contributed by atoms with Crippen molar-refractivity contribution >= 4 is 23.4 Å². The molecule has 4 rings (SSSR count). The molecule has 0 spiro atoms. The van der Waals surface area contributed by atoms with Gasteiger partial charge in [0.2, 0.25) is 0 Å². The minimum Gasteiger partial charge on any atom is -0.463 e. The molecule has 1 aromatic carbocycles. The van der Waals surface area contributed by atoms with Crippen LogP contribution in [-0.2, 0) is 16.6 Å². The molecule has 3 heterocycles. The number of aliphatic hydroxyl groups excluding tert-OH is 1. The summed E-state index contributed by atoms with van der Waals surface area (Å²) in [6.45, 7) is 0.533. The number of esters is 1. The van der Waals surface area contributed by atoms with Crippen LogP contribution >= 0.6 is 11.6 Å². The Morgan fingerprint density at radius 3 is 2.80 bits per heavy atom.